The van der Waals surface area contributed by atoms with Crippen LogP contribution in [-0.4, -0.2) is 12.6 Å². The minimum absolute atomic E-state index is 0.105. The first-order valence-electron chi connectivity index (χ1n) is 10.5. The van der Waals surface area contributed by atoms with E-state index < -0.39 is 0 Å². The van der Waals surface area contributed by atoms with Crippen molar-refractivity contribution in [3.05, 3.63) is 83.2 Å². The summed E-state index contributed by atoms with van der Waals surface area (Å²) < 4.78 is 19.4. The molecule has 0 atom stereocenters. The van der Waals surface area contributed by atoms with Crippen molar-refractivity contribution in [1.82, 2.24) is 0 Å². The van der Waals surface area contributed by atoms with E-state index in [2.05, 4.69) is 75.5 Å². The van der Waals surface area contributed by atoms with Gasteiger partial charge in [-0.05, 0) is 74.2 Å². The fraction of sp³-hybridized carbons (Fsp3) is 0.259. The van der Waals surface area contributed by atoms with Gasteiger partial charge in [0.25, 0.3) is 0 Å². The molecule has 31 heavy (non-hydrogen) atoms. The maximum Gasteiger partial charge on any atom is 0.129 e. The van der Waals surface area contributed by atoms with Crippen LogP contribution in [0.25, 0.3) is 16.7 Å². The Morgan fingerprint density at radius 1 is 1.00 bits per heavy atom. The van der Waals surface area contributed by atoms with Gasteiger partial charge < -0.3 is 10.1 Å². The normalized spacial score (nSPS) is 14.5. The molecule has 0 amide bonds. The Morgan fingerprint density at radius 3 is 2.48 bits per heavy atom. The first kappa shape index (κ1) is 21.5. The van der Waals surface area contributed by atoms with Crippen molar-refractivity contribution < 1.29 is 9.13 Å². The second-order valence-corrected chi connectivity index (χ2v) is 9.60. The number of benzene rings is 3. The lowest BCUT2D eigenvalue weighted by atomic mass is 9.85. The lowest BCUT2D eigenvalue weighted by Crippen LogP contribution is -2.31. The van der Waals surface area contributed by atoms with E-state index in [0.29, 0.717) is 5.75 Å². The van der Waals surface area contributed by atoms with E-state index in [-0.39, 0.29) is 11.4 Å². The molecular formula is C27H28FNOS. The number of aryl methyl sites for hydroxylation is 1. The molecule has 1 heterocycles. The number of allylic oxidation sites excluding steroid dienone is 1. The number of ether oxygens (including phenoxy) is 1. The van der Waals surface area contributed by atoms with Crippen LogP contribution in [0.5, 0.6) is 5.75 Å². The summed E-state index contributed by atoms with van der Waals surface area (Å²) in [6.07, 6.45) is 2.28. The molecule has 2 nitrogen and oxygen atoms in total. The number of fused-ring (bicyclic) bond motifs is 1. The lowest BCUT2D eigenvalue weighted by Gasteiger charge is -2.33. The van der Waals surface area contributed by atoms with Crippen molar-refractivity contribution in [2.45, 2.75) is 43.9 Å². The number of methoxy groups -OCH3 is 1. The summed E-state index contributed by atoms with van der Waals surface area (Å²) in [6, 6.07) is 17.5. The number of halogens is 1. The zero-order valence-electron chi connectivity index (χ0n) is 18.7. The number of rotatable bonds is 5. The van der Waals surface area contributed by atoms with E-state index in [1.165, 1.54) is 39.3 Å². The summed E-state index contributed by atoms with van der Waals surface area (Å²) in [6.45, 7) is 8.67. The Bertz CT molecular complexity index is 1170. The van der Waals surface area contributed by atoms with Gasteiger partial charge in [-0.2, -0.15) is 0 Å². The minimum Gasteiger partial charge on any atom is -0.496 e. The number of thioether (sulfide) groups is 1. The molecule has 0 radical (unpaired) electrons. The van der Waals surface area contributed by atoms with Crippen LogP contribution in [-0.2, 0) is 5.75 Å². The topological polar surface area (TPSA) is 21.3 Å². The third-order valence-electron chi connectivity index (χ3n) is 5.66. The van der Waals surface area contributed by atoms with Gasteiger partial charge in [0.1, 0.15) is 11.6 Å². The summed E-state index contributed by atoms with van der Waals surface area (Å²) in [5.74, 6) is 1.05. The van der Waals surface area contributed by atoms with Crippen LogP contribution >= 0.6 is 11.8 Å². The molecule has 1 N–H and O–H groups in total. The third kappa shape index (κ3) is 4.35. The van der Waals surface area contributed by atoms with Crippen molar-refractivity contribution in [1.29, 1.82) is 0 Å². The van der Waals surface area contributed by atoms with Gasteiger partial charge in [0.2, 0.25) is 0 Å². The molecule has 1 aliphatic rings. The highest BCUT2D eigenvalue weighted by molar-refractivity contribution is 7.98. The molecular weight excluding hydrogens is 405 g/mol. The molecule has 0 spiro atoms. The van der Waals surface area contributed by atoms with Crippen LogP contribution in [0.3, 0.4) is 0 Å². The molecule has 3 aromatic carbocycles. The number of hydrogen-bond donors (Lipinski definition) is 1. The fourth-order valence-corrected chi connectivity index (χ4v) is 5.43. The van der Waals surface area contributed by atoms with E-state index in [1.54, 1.807) is 7.11 Å². The van der Waals surface area contributed by atoms with Crippen LogP contribution in [0.2, 0.25) is 0 Å². The minimum atomic E-state index is -0.297. The Morgan fingerprint density at radius 2 is 1.74 bits per heavy atom. The van der Waals surface area contributed by atoms with E-state index in [0.717, 1.165) is 22.6 Å². The summed E-state index contributed by atoms with van der Waals surface area (Å²) in [7, 11) is 1.59. The second-order valence-electron chi connectivity index (χ2n) is 8.59. The molecule has 0 aliphatic carbocycles. The monoisotopic (exact) mass is 433 g/mol. The van der Waals surface area contributed by atoms with Gasteiger partial charge in [0, 0.05) is 33.5 Å². The molecule has 0 unspecified atom stereocenters. The zero-order chi connectivity index (χ0) is 22.2. The van der Waals surface area contributed by atoms with E-state index >= 15 is 0 Å². The SMILES string of the molecule is COc1cc(F)ccc1-c1ccc2c(c1CSc1ccccc1C)C(C)=CC(C)(C)N2. The van der Waals surface area contributed by atoms with Crippen LogP contribution in [0.15, 0.2) is 65.6 Å². The van der Waals surface area contributed by atoms with Crippen LogP contribution in [0.1, 0.15) is 37.5 Å². The van der Waals surface area contributed by atoms with Crippen LogP contribution < -0.4 is 10.1 Å². The lowest BCUT2D eigenvalue weighted by molar-refractivity contribution is 0.413. The smallest absolute Gasteiger partial charge is 0.129 e. The summed E-state index contributed by atoms with van der Waals surface area (Å²) in [4.78, 5) is 1.27. The Kier molecular flexibility index (Phi) is 5.85. The zero-order valence-corrected chi connectivity index (χ0v) is 19.5. The van der Waals surface area contributed by atoms with Crippen molar-refractivity contribution in [3.63, 3.8) is 0 Å². The summed E-state index contributed by atoms with van der Waals surface area (Å²) in [5, 5.41) is 3.66. The predicted octanol–water partition coefficient (Wildman–Crippen LogP) is 7.71. The highest BCUT2D eigenvalue weighted by Crippen LogP contribution is 2.44. The Labute approximate surface area is 188 Å². The van der Waals surface area contributed by atoms with Crippen molar-refractivity contribution in [3.8, 4) is 16.9 Å². The quantitative estimate of drug-likeness (QED) is 0.416. The number of hydrogen-bond acceptors (Lipinski definition) is 3. The number of anilines is 1. The van der Waals surface area contributed by atoms with E-state index in [9.17, 15) is 4.39 Å². The van der Waals surface area contributed by atoms with Crippen molar-refractivity contribution in [2.75, 3.05) is 12.4 Å². The van der Waals surface area contributed by atoms with Gasteiger partial charge in [0.15, 0.2) is 0 Å². The molecule has 0 aromatic heterocycles. The highest BCUT2D eigenvalue weighted by atomic mass is 32.2. The van der Waals surface area contributed by atoms with E-state index in [4.69, 9.17) is 4.74 Å². The maximum atomic E-state index is 13.9. The molecule has 0 bridgehead atoms. The summed E-state index contributed by atoms with van der Waals surface area (Å²) >= 11 is 1.83. The van der Waals surface area contributed by atoms with Crippen LogP contribution in [0.4, 0.5) is 10.1 Å². The molecule has 0 fully saturated rings. The average molecular weight is 434 g/mol. The van der Waals surface area contributed by atoms with Gasteiger partial charge in [-0.25, -0.2) is 4.39 Å². The van der Waals surface area contributed by atoms with Crippen LogP contribution in [0, 0.1) is 12.7 Å². The standard InChI is InChI=1S/C27H28FNOS/c1-17-8-6-7-9-25(17)31-16-22-20(21-11-10-19(28)14-24(21)30-5)12-13-23-26(22)18(2)15-27(3,4)29-23/h6-15,29H,16H2,1-5H3. The third-order valence-corrected chi connectivity index (χ3v) is 6.86. The van der Waals surface area contributed by atoms with Gasteiger partial charge in [-0.15, -0.1) is 11.8 Å². The largest absolute Gasteiger partial charge is 0.496 e. The molecule has 0 saturated heterocycles. The van der Waals surface area contributed by atoms with Gasteiger partial charge in [-0.1, -0.05) is 30.3 Å². The van der Waals surface area contributed by atoms with E-state index in [1.807, 2.05) is 17.8 Å². The average Bonchev–Trinajstić information content (AvgIpc) is 2.72. The highest BCUT2D eigenvalue weighted by Gasteiger charge is 2.26. The summed E-state index contributed by atoms with van der Waals surface area (Å²) in [5.41, 5.74) is 7.99. The van der Waals surface area contributed by atoms with Gasteiger partial charge in [0.05, 0.1) is 12.6 Å². The molecule has 4 rings (SSSR count). The first-order chi connectivity index (χ1) is 14.8. The predicted molar refractivity (Wildman–Crippen MR) is 130 cm³/mol. The maximum absolute atomic E-state index is 13.9. The van der Waals surface area contributed by atoms with Crippen molar-refractivity contribution >= 4 is 23.0 Å². The first-order valence-corrected chi connectivity index (χ1v) is 11.4. The van der Waals surface area contributed by atoms with Crippen molar-refractivity contribution in [2.24, 2.45) is 0 Å². The molecule has 1 aliphatic heterocycles. The second kappa shape index (κ2) is 8.43. The Hall–Kier alpha value is -2.72. The molecule has 0 saturated carbocycles. The number of nitrogens with one attached hydrogen (secondary N) is 1. The Balaban J connectivity index is 1.88. The molecule has 160 valence electrons. The molecule has 4 heteroatoms. The fourth-order valence-electron chi connectivity index (χ4n) is 4.36. The van der Waals surface area contributed by atoms with Gasteiger partial charge >= 0.3 is 0 Å². The molecule has 3 aromatic rings. The van der Waals surface area contributed by atoms with Gasteiger partial charge in [-0.3, -0.25) is 0 Å².